The monoisotopic (exact) mass is 253 g/mol. The maximum absolute atomic E-state index is 11.7. The lowest BCUT2D eigenvalue weighted by Crippen LogP contribution is -2.25. The minimum Gasteiger partial charge on any atom is -0.396 e. The SMILES string of the molecule is Cc1ccc(CN2CC(CO)CC2=O)c(Cl)c1. The second-order valence-electron chi connectivity index (χ2n) is 4.62. The molecule has 1 aromatic carbocycles. The van der Waals surface area contributed by atoms with Crippen LogP contribution in [0.5, 0.6) is 0 Å². The Labute approximate surface area is 106 Å². The van der Waals surface area contributed by atoms with Crippen LogP contribution in [0.2, 0.25) is 5.02 Å². The van der Waals surface area contributed by atoms with Crippen LogP contribution < -0.4 is 0 Å². The number of likely N-dealkylation sites (tertiary alicyclic amines) is 1. The number of hydrogen-bond acceptors (Lipinski definition) is 2. The molecular weight excluding hydrogens is 238 g/mol. The Bertz CT molecular complexity index is 433. The summed E-state index contributed by atoms with van der Waals surface area (Å²) < 4.78 is 0. The van der Waals surface area contributed by atoms with Gasteiger partial charge in [0.15, 0.2) is 0 Å². The molecule has 0 aromatic heterocycles. The van der Waals surface area contributed by atoms with Crippen LogP contribution in [0.3, 0.4) is 0 Å². The van der Waals surface area contributed by atoms with Crippen LogP contribution in [0, 0.1) is 12.8 Å². The predicted molar refractivity (Wildman–Crippen MR) is 66.8 cm³/mol. The third-order valence-electron chi connectivity index (χ3n) is 3.12. The van der Waals surface area contributed by atoms with Gasteiger partial charge in [0.25, 0.3) is 0 Å². The highest BCUT2D eigenvalue weighted by molar-refractivity contribution is 6.31. The van der Waals surface area contributed by atoms with E-state index in [1.165, 1.54) is 0 Å². The van der Waals surface area contributed by atoms with E-state index in [4.69, 9.17) is 16.7 Å². The van der Waals surface area contributed by atoms with Gasteiger partial charge in [-0.05, 0) is 24.1 Å². The van der Waals surface area contributed by atoms with E-state index in [9.17, 15) is 4.79 Å². The molecule has 92 valence electrons. The Balaban J connectivity index is 2.08. The van der Waals surface area contributed by atoms with Gasteiger partial charge in [0.2, 0.25) is 5.91 Å². The molecule has 1 aliphatic rings. The van der Waals surface area contributed by atoms with Gasteiger partial charge in [-0.25, -0.2) is 0 Å². The van der Waals surface area contributed by atoms with Crippen molar-refractivity contribution < 1.29 is 9.90 Å². The first-order valence-corrected chi connectivity index (χ1v) is 6.11. The Kier molecular flexibility index (Phi) is 3.69. The molecule has 1 fully saturated rings. The molecular formula is C13H16ClNO2. The second kappa shape index (κ2) is 5.07. The molecule has 1 heterocycles. The average molecular weight is 254 g/mol. The molecule has 1 aliphatic heterocycles. The number of rotatable bonds is 3. The zero-order valence-electron chi connectivity index (χ0n) is 9.82. The summed E-state index contributed by atoms with van der Waals surface area (Å²) in [6, 6.07) is 5.85. The Morgan fingerprint density at radius 2 is 2.29 bits per heavy atom. The molecule has 1 saturated heterocycles. The molecule has 1 atom stereocenters. The van der Waals surface area contributed by atoms with Crippen LogP contribution in [-0.2, 0) is 11.3 Å². The zero-order chi connectivity index (χ0) is 12.4. The van der Waals surface area contributed by atoms with E-state index in [1.54, 1.807) is 4.90 Å². The third kappa shape index (κ3) is 2.79. The molecule has 1 amide bonds. The van der Waals surface area contributed by atoms with Crippen LogP contribution in [-0.4, -0.2) is 29.1 Å². The first-order valence-electron chi connectivity index (χ1n) is 5.74. The highest BCUT2D eigenvalue weighted by Gasteiger charge is 2.29. The molecule has 3 nitrogen and oxygen atoms in total. The second-order valence-corrected chi connectivity index (χ2v) is 5.03. The fourth-order valence-electron chi connectivity index (χ4n) is 2.12. The molecule has 4 heteroatoms. The van der Waals surface area contributed by atoms with Gasteiger partial charge in [0, 0.05) is 37.1 Å². The maximum atomic E-state index is 11.7. The highest BCUT2D eigenvalue weighted by atomic mass is 35.5. The van der Waals surface area contributed by atoms with E-state index in [-0.39, 0.29) is 18.4 Å². The van der Waals surface area contributed by atoms with Crippen molar-refractivity contribution in [2.75, 3.05) is 13.2 Å². The maximum Gasteiger partial charge on any atom is 0.223 e. The normalized spacial score (nSPS) is 20.1. The molecule has 0 saturated carbocycles. The Morgan fingerprint density at radius 3 is 2.88 bits per heavy atom. The van der Waals surface area contributed by atoms with Crippen LogP contribution in [0.25, 0.3) is 0 Å². The van der Waals surface area contributed by atoms with E-state index >= 15 is 0 Å². The number of carbonyl (C=O) groups excluding carboxylic acids is 1. The van der Waals surface area contributed by atoms with Crippen molar-refractivity contribution in [2.45, 2.75) is 19.9 Å². The number of aliphatic hydroxyl groups is 1. The number of benzene rings is 1. The Hall–Kier alpha value is -1.06. The predicted octanol–water partition coefficient (Wildman–Crippen LogP) is 1.99. The lowest BCUT2D eigenvalue weighted by molar-refractivity contribution is -0.128. The molecule has 1 N–H and O–H groups in total. The fourth-order valence-corrected chi connectivity index (χ4v) is 2.41. The molecule has 0 bridgehead atoms. The van der Waals surface area contributed by atoms with Crippen LogP contribution >= 0.6 is 11.6 Å². The quantitative estimate of drug-likeness (QED) is 0.895. The minimum atomic E-state index is 0.0733. The van der Waals surface area contributed by atoms with Gasteiger partial charge in [-0.3, -0.25) is 4.79 Å². The van der Waals surface area contributed by atoms with Crippen molar-refractivity contribution in [1.82, 2.24) is 4.90 Å². The smallest absolute Gasteiger partial charge is 0.223 e. The average Bonchev–Trinajstić information content (AvgIpc) is 2.64. The van der Waals surface area contributed by atoms with Crippen LogP contribution in [0.1, 0.15) is 17.5 Å². The van der Waals surface area contributed by atoms with Gasteiger partial charge in [0.1, 0.15) is 0 Å². The van der Waals surface area contributed by atoms with Crippen molar-refractivity contribution in [3.05, 3.63) is 34.3 Å². The number of amides is 1. The topological polar surface area (TPSA) is 40.5 Å². The fraction of sp³-hybridized carbons (Fsp3) is 0.462. The van der Waals surface area contributed by atoms with E-state index in [1.807, 2.05) is 25.1 Å². The zero-order valence-corrected chi connectivity index (χ0v) is 10.6. The summed E-state index contributed by atoms with van der Waals surface area (Å²) in [4.78, 5) is 13.5. The number of aryl methyl sites for hydroxylation is 1. The molecule has 1 unspecified atom stereocenters. The lowest BCUT2D eigenvalue weighted by atomic mass is 10.1. The van der Waals surface area contributed by atoms with Crippen molar-refractivity contribution in [3.8, 4) is 0 Å². The van der Waals surface area contributed by atoms with Gasteiger partial charge in [-0.1, -0.05) is 23.7 Å². The van der Waals surface area contributed by atoms with E-state index in [2.05, 4.69) is 0 Å². The number of nitrogens with zero attached hydrogens (tertiary/aromatic N) is 1. The first kappa shape index (κ1) is 12.4. The number of carbonyl (C=O) groups is 1. The molecule has 0 radical (unpaired) electrons. The molecule has 1 aromatic rings. The number of hydrogen-bond donors (Lipinski definition) is 1. The minimum absolute atomic E-state index is 0.0733. The van der Waals surface area contributed by atoms with E-state index < -0.39 is 0 Å². The largest absolute Gasteiger partial charge is 0.396 e. The first-order chi connectivity index (χ1) is 8.10. The summed E-state index contributed by atoms with van der Waals surface area (Å²) in [6.07, 6.45) is 0.444. The lowest BCUT2D eigenvalue weighted by Gasteiger charge is -2.17. The van der Waals surface area contributed by atoms with Gasteiger partial charge < -0.3 is 10.0 Å². The summed E-state index contributed by atoms with van der Waals surface area (Å²) in [6.45, 7) is 3.22. The van der Waals surface area contributed by atoms with Crippen molar-refractivity contribution in [2.24, 2.45) is 5.92 Å². The molecule has 0 spiro atoms. The molecule has 2 rings (SSSR count). The van der Waals surface area contributed by atoms with E-state index in [0.29, 0.717) is 24.5 Å². The summed E-state index contributed by atoms with van der Waals surface area (Å²) in [5.41, 5.74) is 2.07. The highest BCUT2D eigenvalue weighted by Crippen LogP contribution is 2.24. The van der Waals surface area contributed by atoms with Crippen molar-refractivity contribution >= 4 is 17.5 Å². The van der Waals surface area contributed by atoms with Crippen molar-refractivity contribution in [3.63, 3.8) is 0 Å². The molecule has 0 aliphatic carbocycles. The molecule has 17 heavy (non-hydrogen) atoms. The van der Waals surface area contributed by atoms with Gasteiger partial charge in [-0.15, -0.1) is 0 Å². The van der Waals surface area contributed by atoms with E-state index in [0.717, 1.165) is 11.1 Å². The summed E-state index contributed by atoms with van der Waals surface area (Å²) >= 11 is 6.14. The summed E-state index contributed by atoms with van der Waals surface area (Å²) in [5.74, 6) is 0.174. The number of halogens is 1. The Morgan fingerprint density at radius 1 is 1.53 bits per heavy atom. The van der Waals surface area contributed by atoms with Crippen LogP contribution in [0.4, 0.5) is 0 Å². The van der Waals surface area contributed by atoms with Gasteiger partial charge >= 0.3 is 0 Å². The van der Waals surface area contributed by atoms with Gasteiger partial charge in [-0.2, -0.15) is 0 Å². The third-order valence-corrected chi connectivity index (χ3v) is 3.47. The summed E-state index contributed by atoms with van der Waals surface area (Å²) in [5, 5.41) is 9.75. The standard InChI is InChI=1S/C13H16ClNO2/c1-9-2-3-11(12(14)4-9)7-15-6-10(8-16)5-13(15)17/h2-4,10,16H,5-8H2,1H3. The van der Waals surface area contributed by atoms with Crippen molar-refractivity contribution in [1.29, 1.82) is 0 Å². The number of aliphatic hydroxyl groups excluding tert-OH is 1. The van der Waals surface area contributed by atoms with Crippen LogP contribution in [0.15, 0.2) is 18.2 Å². The van der Waals surface area contributed by atoms with Gasteiger partial charge in [0.05, 0.1) is 0 Å². The summed E-state index contributed by atoms with van der Waals surface area (Å²) in [7, 11) is 0.